The molecule has 0 bridgehead atoms. The number of nitrogens with zero attached hydrogens (tertiary/aromatic N) is 3. The van der Waals surface area contributed by atoms with E-state index in [1.807, 2.05) is 30.0 Å². The van der Waals surface area contributed by atoms with Crippen LogP contribution in [0, 0.1) is 11.8 Å². The molecule has 0 aliphatic carbocycles. The Kier molecular flexibility index (Phi) is 5.89. The quantitative estimate of drug-likeness (QED) is 0.809. The maximum atomic E-state index is 12.9. The number of ether oxygens (including phenoxy) is 1. The first-order valence-corrected chi connectivity index (χ1v) is 11.2. The van der Waals surface area contributed by atoms with Crippen LogP contribution in [0.3, 0.4) is 0 Å². The summed E-state index contributed by atoms with van der Waals surface area (Å²) in [6.07, 6.45) is 3.06. The Balaban J connectivity index is 1.34. The molecule has 2 aliphatic rings. The lowest BCUT2D eigenvalue weighted by Crippen LogP contribution is -2.46. The summed E-state index contributed by atoms with van der Waals surface area (Å²) >= 11 is 1.68. The van der Waals surface area contributed by atoms with Crippen molar-refractivity contribution in [3.63, 3.8) is 0 Å². The molecule has 2 aromatic rings. The third-order valence-corrected chi connectivity index (χ3v) is 7.06. The maximum absolute atomic E-state index is 12.9. The zero-order chi connectivity index (χ0) is 20.4. The standard InChI is InChI=1S/C21H28N4O3S/c1-2-28-16-3-4-17-18(13-16)29-21(23-17)25-11-7-15(8-12-25)20(27)24-9-5-14(6-10-24)19(22)26/h3-4,13-15H,2,5-12H2,1H3,(H2,22,26). The second kappa shape index (κ2) is 8.57. The average molecular weight is 417 g/mol. The Morgan fingerprint density at radius 3 is 2.48 bits per heavy atom. The number of piperidine rings is 2. The first kappa shape index (κ1) is 19.9. The summed E-state index contributed by atoms with van der Waals surface area (Å²) in [6.45, 7) is 5.60. The van der Waals surface area contributed by atoms with E-state index in [1.165, 1.54) is 0 Å². The topological polar surface area (TPSA) is 88.8 Å². The predicted octanol–water partition coefficient (Wildman–Crippen LogP) is 2.64. The van der Waals surface area contributed by atoms with Crippen molar-refractivity contribution in [1.82, 2.24) is 9.88 Å². The molecule has 0 spiro atoms. The van der Waals surface area contributed by atoms with Crippen molar-refractivity contribution >= 4 is 38.5 Å². The summed E-state index contributed by atoms with van der Waals surface area (Å²) in [5.74, 6) is 0.853. The van der Waals surface area contributed by atoms with Gasteiger partial charge in [0.15, 0.2) is 5.13 Å². The van der Waals surface area contributed by atoms with E-state index in [0.717, 1.165) is 47.0 Å². The van der Waals surface area contributed by atoms with Crippen LogP contribution in [0.4, 0.5) is 5.13 Å². The predicted molar refractivity (Wildman–Crippen MR) is 114 cm³/mol. The van der Waals surface area contributed by atoms with E-state index in [1.54, 1.807) is 11.3 Å². The fourth-order valence-corrected chi connectivity index (χ4v) is 5.29. The maximum Gasteiger partial charge on any atom is 0.225 e. The van der Waals surface area contributed by atoms with Crippen molar-refractivity contribution in [2.75, 3.05) is 37.7 Å². The van der Waals surface area contributed by atoms with Crippen LogP contribution in [0.2, 0.25) is 0 Å². The van der Waals surface area contributed by atoms with E-state index in [-0.39, 0.29) is 23.7 Å². The molecule has 2 N–H and O–H groups in total. The normalized spacial score (nSPS) is 18.9. The number of likely N-dealkylation sites (tertiary alicyclic amines) is 1. The number of rotatable bonds is 5. The van der Waals surface area contributed by atoms with Crippen LogP contribution < -0.4 is 15.4 Å². The highest BCUT2D eigenvalue weighted by atomic mass is 32.1. The van der Waals surface area contributed by atoms with Crippen LogP contribution in [0.15, 0.2) is 18.2 Å². The van der Waals surface area contributed by atoms with Crippen molar-refractivity contribution in [3.05, 3.63) is 18.2 Å². The zero-order valence-corrected chi connectivity index (χ0v) is 17.6. The number of nitrogens with two attached hydrogens (primary N) is 1. The summed E-state index contributed by atoms with van der Waals surface area (Å²) in [4.78, 5) is 33.2. The van der Waals surface area contributed by atoms with Crippen molar-refractivity contribution in [2.45, 2.75) is 32.6 Å². The van der Waals surface area contributed by atoms with Gasteiger partial charge in [-0.05, 0) is 50.8 Å². The Hall–Kier alpha value is -2.35. The van der Waals surface area contributed by atoms with Gasteiger partial charge in [-0.15, -0.1) is 0 Å². The summed E-state index contributed by atoms with van der Waals surface area (Å²) in [6, 6.07) is 6.01. The van der Waals surface area contributed by atoms with Gasteiger partial charge in [0.05, 0.1) is 16.8 Å². The highest BCUT2D eigenvalue weighted by Gasteiger charge is 2.32. The molecule has 156 valence electrons. The van der Waals surface area contributed by atoms with E-state index in [4.69, 9.17) is 15.5 Å². The molecule has 0 unspecified atom stereocenters. The highest BCUT2D eigenvalue weighted by molar-refractivity contribution is 7.22. The number of anilines is 1. The fraction of sp³-hybridized carbons (Fsp3) is 0.571. The Bertz CT molecular complexity index is 883. The monoisotopic (exact) mass is 416 g/mol. The van der Waals surface area contributed by atoms with Crippen LogP contribution in [-0.4, -0.2) is 54.5 Å². The number of carbonyl (C=O) groups is 2. The molecule has 8 heteroatoms. The first-order valence-electron chi connectivity index (χ1n) is 10.4. The van der Waals surface area contributed by atoms with Crippen molar-refractivity contribution in [3.8, 4) is 5.75 Å². The molecule has 2 fully saturated rings. The van der Waals surface area contributed by atoms with Gasteiger partial charge in [0.2, 0.25) is 11.8 Å². The van der Waals surface area contributed by atoms with Gasteiger partial charge in [0, 0.05) is 38.0 Å². The minimum atomic E-state index is -0.241. The van der Waals surface area contributed by atoms with E-state index in [0.29, 0.717) is 32.5 Å². The van der Waals surface area contributed by atoms with Crippen molar-refractivity contribution in [1.29, 1.82) is 0 Å². The van der Waals surface area contributed by atoms with Crippen molar-refractivity contribution in [2.24, 2.45) is 17.6 Å². The van der Waals surface area contributed by atoms with E-state index in [9.17, 15) is 9.59 Å². The SMILES string of the molecule is CCOc1ccc2nc(N3CCC(C(=O)N4CCC(C(N)=O)CC4)CC3)sc2c1. The van der Waals surface area contributed by atoms with Gasteiger partial charge in [0.1, 0.15) is 5.75 Å². The molecule has 0 radical (unpaired) electrons. The number of aromatic nitrogens is 1. The van der Waals surface area contributed by atoms with Gasteiger partial charge in [-0.3, -0.25) is 9.59 Å². The van der Waals surface area contributed by atoms with Crippen LogP contribution in [-0.2, 0) is 9.59 Å². The molecule has 0 saturated carbocycles. The number of thiazole rings is 1. The Labute approximate surface area is 174 Å². The van der Waals surface area contributed by atoms with Crippen molar-refractivity contribution < 1.29 is 14.3 Å². The average Bonchev–Trinajstić information content (AvgIpc) is 3.17. The number of hydrogen-bond donors (Lipinski definition) is 1. The Morgan fingerprint density at radius 2 is 1.83 bits per heavy atom. The summed E-state index contributed by atoms with van der Waals surface area (Å²) in [5, 5.41) is 1.02. The number of amides is 2. The lowest BCUT2D eigenvalue weighted by atomic mass is 9.92. The molecule has 7 nitrogen and oxygen atoms in total. The van der Waals surface area contributed by atoms with Crippen LogP contribution in [0.5, 0.6) is 5.75 Å². The molecule has 2 amide bonds. The van der Waals surface area contributed by atoms with Crippen LogP contribution in [0.25, 0.3) is 10.2 Å². The van der Waals surface area contributed by atoms with Gasteiger partial charge in [-0.2, -0.15) is 0 Å². The summed E-state index contributed by atoms with van der Waals surface area (Å²) in [5.41, 5.74) is 6.38. The smallest absolute Gasteiger partial charge is 0.225 e. The number of primary amides is 1. The molecule has 1 aromatic heterocycles. The molecule has 0 atom stereocenters. The van der Waals surface area contributed by atoms with Crippen LogP contribution in [0.1, 0.15) is 32.6 Å². The van der Waals surface area contributed by atoms with Gasteiger partial charge in [-0.25, -0.2) is 4.98 Å². The Morgan fingerprint density at radius 1 is 1.14 bits per heavy atom. The van der Waals surface area contributed by atoms with Gasteiger partial charge < -0.3 is 20.3 Å². The molecule has 29 heavy (non-hydrogen) atoms. The second-order valence-electron chi connectivity index (χ2n) is 7.82. The number of benzene rings is 1. The number of hydrogen-bond acceptors (Lipinski definition) is 6. The highest BCUT2D eigenvalue weighted by Crippen LogP contribution is 2.34. The van der Waals surface area contributed by atoms with Gasteiger partial charge in [-0.1, -0.05) is 11.3 Å². The molecular formula is C21H28N4O3S. The minimum Gasteiger partial charge on any atom is -0.494 e. The van der Waals surface area contributed by atoms with Crippen LogP contribution >= 0.6 is 11.3 Å². The van der Waals surface area contributed by atoms with E-state index < -0.39 is 0 Å². The number of carbonyl (C=O) groups excluding carboxylic acids is 2. The van der Waals surface area contributed by atoms with Gasteiger partial charge in [0.25, 0.3) is 0 Å². The largest absolute Gasteiger partial charge is 0.494 e. The minimum absolute atomic E-state index is 0.0651. The molecule has 2 saturated heterocycles. The lowest BCUT2D eigenvalue weighted by Gasteiger charge is -2.36. The number of fused-ring (bicyclic) bond motifs is 1. The summed E-state index contributed by atoms with van der Waals surface area (Å²) < 4.78 is 6.71. The first-order chi connectivity index (χ1) is 14.0. The molecule has 4 rings (SSSR count). The zero-order valence-electron chi connectivity index (χ0n) is 16.8. The fourth-order valence-electron chi connectivity index (χ4n) is 4.24. The third-order valence-electron chi connectivity index (χ3n) is 5.98. The third kappa shape index (κ3) is 4.32. The molecule has 1 aromatic carbocycles. The molecular weight excluding hydrogens is 388 g/mol. The van der Waals surface area contributed by atoms with E-state index in [2.05, 4.69) is 4.90 Å². The van der Waals surface area contributed by atoms with E-state index >= 15 is 0 Å². The molecule has 3 heterocycles. The molecule has 2 aliphatic heterocycles. The lowest BCUT2D eigenvalue weighted by molar-refractivity contribution is -0.139. The van der Waals surface area contributed by atoms with Gasteiger partial charge >= 0.3 is 0 Å². The second-order valence-corrected chi connectivity index (χ2v) is 8.83. The summed E-state index contributed by atoms with van der Waals surface area (Å²) in [7, 11) is 0.